The van der Waals surface area contributed by atoms with Gasteiger partial charge in [0.2, 0.25) is 0 Å². The van der Waals surface area contributed by atoms with Gasteiger partial charge in [0.1, 0.15) is 23.6 Å². The maximum atomic E-state index is 6.24. The van der Waals surface area contributed by atoms with Crippen molar-refractivity contribution in [1.29, 1.82) is 0 Å². The van der Waals surface area contributed by atoms with Crippen LogP contribution in [0.25, 0.3) is 33.4 Å². The van der Waals surface area contributed by atoms with Crippen LogP contribution in [-0.4, -0.2) is 43.4 Å². The molecule has 158 valence electrons. The number of hydrogen-bond donors (Lipinski definition) is 1. The van der Waals surface area contributed by atoms with Crippen LogP contribution in [0.15, 0.2) is 48.8 Å². The number of nitrogens with two attached hydrogens (primary N) is 1. The summed E-state index contributed by atoms with van der Waals surface area (Å²) < 4.78 is 22.1. The molecule has 31 heavy (non-hydrogen) atoms. The van der Waals surface area contributed by atoms with Gasteiger partial charge in [0.05, 0.1) is 39.5 Å². The lowest BCUT2D eigenvalue weighted by Gasteiger charge is -2.17. The molecule has 0 radical (unpaired) electrons. The minimum Gasteiger partial charge on any atom is -0.496 e. The van der Waals surface area contributed by atoms with Crippen molar-refractivity contribution in [1.82, 2.24) is 15.0 Å². The van der Waals surface area contributed by atoms with Crippen molar-refractivity contribution in [3.63, 3.8) is 0 Å². The molecule has 2 aromatic carbocycles. The van der Waals surface area contributed by atoms with Gasteiger partial charge < -0.3 is 24.7 Å². The van der Waals surface area contributed by atoms with Crippen molar-refractivity contribution in [2.75, 3.05) is 34.2 Å². The summed E-state index contributed by atoms with van der Waals surface area (Å²) >= 11 is 0. The van der Waals surface area contributed by atoms with Gasteiger partial charge in [-0.15, -0.1) is 0 Å². The van der Waals surface area contributed by atoms with Crippen molar-refractivity contribution >= 4 is 16.9 Å². The predicted octanol–water partition coefficient (Wildman–Crippen LogP) is 3.98. The van der Waals surface area contributed by atoms with Crippen molar-refractivity contribution in [3.8, 4) is 45.4 Å². The number of para-hydroxylation sites is 1. The molecule has 0 fully saturated rings. The van der Waals surface area contributed by atoms with Gasteiger partial charge in [-0.1, -0.05) is 12.1 Å². The molecule has 0 aliphatic rings. The fourth-order valence-corrected chi connectivity index (χ4v) is 3.53. The lowest BCUT2D eigenvalue weighted by Crippen LogP contribution is -2.01. The first-order valence-corrected chi connectivity index (χ1v) is 9.46. The number of hydrogen-bond acceptors (Lipinski definition) is 8. The molecule has 0 atom stereocenters. The summed E-state index contributed by atoms with van der Waals surface area (Å²) in [6, 6.07) is 13.2. The molecule has 4 aromatic rings. The van der Waals surface area contributed by atoms with E-state index in [-0.39, 0.29) is 0 Å². The van der Waals surface area contributed by atoms with Crippen LogP contribution in [0.5, 0.6) is 23.0 Å². The number of nitrogens with zero attached hydrogens (tertiary/aromatic N) is 3. The van der Waals surface area contributed by atoms with E-state index >= 15 is 0 Å². The van der Waals surface area contributed by atoms with Crippen molar-refractivity contribution in [3.05, 3.63) is 48.8 Å². The van der Waals surface area contributed by atoms with Crippen LogP contribution in [-0.2, 0) is 0 Å². The Morgan fingerprint density at radius 3 is 2.06 bits per heavy atom. The van der Waals surface area contributed by atoms with Crippen LogP contribution in [0.4, 0.5) is 5.82 Å². The summed E-state index contributed by atoms with van der Waals surface area (Å²) in [6.45, 7) is 0. The SMILES string of the molecule is COc1cc(OC)c(-c2cc(-c3ccccc3OC)nc3ncnc(N)c23)cc1OC. The van der Waals surface area contributed by atoms with Gasteiger partial charge in [-0.25, -0.2) is 15.0 Å². The lowest BCUT2D eigenvalue weighted by molar-refractivity contribution is 0.349. The van der Waals surface area contributed by atoms with Crippen LogP contribution in [0.2, 0.25) is 0 Å². The van der Waals surface area contributed by atoms with Gasteiger partial charge in [-0.05, 0) is 24.3 Å². The zero-order valence-electron chi connectivity index (χ0n) is 17.7. The quantitative estimate of drug-likeness (QED) is 0.502. The normalized spacial score (nSPS) is 10.7. The topological polar surface area (TPSA) is 102 Å². The van der Waals surface area contributed by atoms with Crippen LogP contribution in [0.3, 0.4) is 0 Å². The van der Waals surface area contributed by atoms with E-state index in [1.165, 1.54) is 6.33 Å². The first kappa shape index (κ1) is 20.2. The largest absolute Gasteiger partial charge is 0.496 e. The van der Waals surface area contributed by atoms with Crippen molar-refractivity contribution in [2.24, 2.45) is 0 Å². The average molecular weight is 418 g/mol. The molecule has 0 spiro atoms. The third kappa shape index (κ3) is 3.52. The average Bonchev–Trinajstić information content (AvgIpc) is 2.82. The van der Waals surface area contributed by atoms with E-state index in [2.05, 4.69) is 9.97 Å². The predicted molar refractivity (Wildman–Crippen MR) is 119 cm³/mol. The van der Waals surface area contributed by atoms with Crippen molar-refractivity contribution < 1.29 is 18.9 Å². The summed E-state index contributed by atoms with van der Waals surface area (Å²) in [4.78, 5) is 13.3. The van der Waals surface area contributed by atoms with Crippen LogP contribution < -0.4 is 24.7 Å². The Bertz CT molecular complexity index is 1260. The van der Waals surface area contributed by atoms with Gasteiger partial charge >= 0.3 is 0 Å². The molecule has 4 rings (SSSR count). The maximum absolute atomic E-state index is 6.24. The summed E-state index contributed by atoms with van der Waals surface area (Å²) in [5.41, 5.74) is 9.70. The molecular formula is C23H22N4O4. The van der Waals surface area contributed by atoms with Gasteiger partial charge in [0.15, 0.2) is 17.1 Å². The summed E-state index contributed by atoms with van der Waals surface area (Å²) in [5.74, 6) is 2.70. The first-order valence-electron chi connectivity index (χ1n) is 9.46. The Labute approximate surface area is 179 Å². The highest BCUT2D eigenvalue weighted by Crippen LogP contribution is 2.44. The number of methoxy groups -OCH3 is 4. The van der Waals surface area contributed by atoms with Crippen LogP contribution in [0, 0.1) is 0 Å². The van der Waals surface area contributed by atoms with Gasteiger partial charge in [0.25, 0.3) is 0 Å². The Kier molecular flexibility index (Phi) is 5.44. The fraction of sp³-hybridized carbons (Fsp3) is 0.174. The van der Waals surface area contributed by atoms with E-state index in [4.69, 9.17) is 29.7 Å². The summed E-state index contributed by atoms with van der Waals surface area (Å²) in [7, 11) is 6.37. The van der Waals surface area contributed by atoms with E-state index in [1.807, 2.05) is 36.4 Å². The monoisotopic (exact) mass is 418 g/mol. The minimum atomic E-state index is 0.316. The zero-order valence-corrected chi connectivity index (χ0v) is 17.7. The second-order valence-electron chi connectivity index (χ2n) is 6.62. The number of pyridine rings is 1. The number of nitrogen functional groups attached to an aromatic ring is 1. The standard InChI is InChI=1S/C23H22N4O4/c1-28-17-8-6-5-7-13(17)16-9-15(21-22(24)25-12-26-23(21)27-16)14-10-19(30-3)20(31-4)11-18(14)29-2/h5-12H,1-4H3,(H2,24,25,26,27). The molecule has 0 bridgehead atoms. The summed E-state index contributed by atoms with van der Waals surface area (Å²) in [6.07, 6.45) is 1.40. The Balaban J connectivity index is 2.09. The second-order valence-corrected chi connectivity index (χ2v) is 6.62. The number of fused-ring (bicyclic) bond motifs is 1. The van der Waals surface area contributed by atoms with Gasteiger partial charge in [-0.2, -0.15) is 0 Å². The molecule has 0 aliphatic carbocycles. The number of ether oxygens (including phenoxy) is 4. The van der Waals surface area contributed by atoms with E-state index in [9.17, 15) is 0 Å². The Morgan fingerprint density at radius 1 is 0.677 bits per heavy atom. The van der Waals surface area contributed by atoms with Gasteiger partial charge in [-0.3, -0.25) is 0 Å². The number of rotatable bonds is 6. The molecule has 2 heterocycles. The van der Waals surface area contributed by atoms with E-state index in [0.29, 0.717) is 45.5 Å². The fourth-order valence-electron chi connectivity index (χ4n) is 3.53. The smallest absolute Gasteiger partial charge is 0.165 e. The minimum absolute atomic E-state index is 0.316. The number of aromatic nitrogens is 3. The molecule has 0 unspecified atom stereocenters. The van der Waals surface area contributed by atoms with E-state index in [1.54, 1.807) is 34.5 Å². The number of benzene rings is 2. The van der Waals surface area contributed by atoms with E-state index in [0.717, 1.165) is 16.7 Å². The molecular weight excluding hydrogens is 396 g/mol. The molecule has 2 aromatic heterocycles. The highest BCUT2D eigenvalue weighted by molar-refractivity contribution is 6.02. The zero-order chi connectivity index (χ0) is 22.0. The molecule has 8 nitrogen and oxygen atoms in total. The van der Waals surface area contributed by atoms with Crippen molar-refractivity contribution in [2.45, 2.75) is 0 Å². The van der Waals surface area contributed by atoms with E-state index < -0.39 is 0 Å². The Hall–Kier alpha value is -4.07. The second kappa shape index (κ2) is 8.35. The highest BCUT2D eigenvalue weighted by atomic mass is 16.5. The molecule has 0 saturated heterocycles. The number of anilines is 1. The molecule has 8 heteroatoms. The maximum Gasteiger partial charge on any atom is 0.165 e. The van der Waals surface area contributed by atoms with Crippen LogP contribution in [0.1, 0.15) is 0 Å². The summed E-state index contributed by atoms with van der Waals surface area (Å²) in [5, 5.41) is 0.617. The van der Waals surface area contributed by atoms with Gasteiger partial charge in [0, 0.05) is 22.8 Å². The third-order valence-corrected chi connectivity index (χ3v) is 5.01. The molecule has 2 N–H and O–H groups in total. The third-order valence-electron chi connectivity index (χ3n) is 5.01. The first-order chi connectivity index (χ1) is 15.1. The lowest BCUT2D eigenvalue weighted by atomic mass is 9.98. The molecule has 0 saturated carbocycles. The Morgan fingerprint density at radius 2 is 1.35 bits per heavy atom. The van der Waals surface area contributed by atoms with Crippen LogP contribution >= 0.6 is 0 Å². The molecule has 0 aliphatic heterocycles. The molecule has 0 amide bonds. The highest BCUT2D eigenvalue weighted by Gasteiger charge is 2.20.